The number of carboxylic acid groups (broad SMARTS) is 1. The lowest BCUT2D eigenvalue weighted by Crippen LogP contribution is -2.48. The monoisotopic (exact) mass is 312 g/mol. The van der Waals surface area contributed by atoms with E-state index in [1.165, 1.54) is 11.8 Å². The Morgan fingerprint density at radius 1 is 1.43 bits per heavy atom. The molecule has 0 saturated heterocycles. The van der Waals surface area contributed by atoms with E-state index in [1.54, 1.807) is 13.0 Å². The highest BCUT2D eigenvalue weighted by Gasteiger charge is 2.24. The van der Waals surface area contributed by atoms with Gasteiger partial charge in [0.05, 0.1) is 17.6 Å². The fraction of sp³-hybridized carbons (Fsp3) is 0.600. The first-order chi connectivity index (χ1) is 9.66. The molecule has 6 heteroatoms. The summed E-state index contributed by atoms with van der Waals surface area (Å²) in [5, 5.41) is 13.6. The summed E-state index contributed by atoms with van der Waals surface area (Å²) in [5.74, 6) is 0.103. The Kier molecular flexibility index (Phi) is 5.89. The van der Waals surface area contributed by atoms with Gasteiger partial charge in [0.25, 0.3) is 5.91 Å². The third-order valence-corrected chi connectivity index (χ3v) is 3.75. The first-order valence-corrected chi connectivity index (χ1v) is 8.17. The van der Waals surface area contributed by atoms with Gasteiger partial charge in [0.15, 0.2) is 0 Å². The lowest BCUT2D eigenvalue weighted by Gasteiger charge is -2.19. The van der Waals surface area contributed by atoms with Crippen LogP contribution in [0.2, 0.25) is 0 Å². The summed E-state index contributed by atoms with van der Waals surface area (Å²) in [6, 6.07) is 0.684. The van der Waals surface area contributed by atoms with Gasteiger partial charge < -0.3 is 19.6 Å². The number of furan rings is 1. The number of carbonyl (C=O) groups is 2. The van der Waals surface area contributed by atoms with Crippen LogP contribution in [-0.4, -0.2) is 29.9 Å². The number of carbonyl (C=O) groups excluding carboxylic acids is 2. The fourth-order valence-corrected chi connectivity index (χ4v) is 2.27. The second kappa shape index (κ2) is 7.02. The number of aliphatic carboxylic acids is 1. The number of rotatable bonds is 6. The van der Waals surface area contributed by atoms with E-state index in [0.717, 1.165) is 0 Å². The first kappa shape index (κ1) is 17.6. The minimum atomic E-state index is -1.27. The lowest BCUT2D eigenvalue weighted by molar-refractivity contribution is -0.308. The molecule has 0 bridgehead atoms. The topological polar surface area (TPSA) is 82.4 Å². The van der Waals surface area contributed by atoms with Crippen LogP contribution in [0, 0.1) is 6.92 Å². The van der Waals surface area contributed by atoms with E-state index >= 15 is 0 Å². The highest BCUT2D eigenvalue weighted by Crippen LogP contribution is 2.27. The van der Waals surface area contributed by atoms with Crippen LogP contribution in [-0.2, 0) is 10.2 Å². The molecule has 0 unspecified atom stereocenters. The van der Waals surface area contributed by atoms with Crippen molar-refractivity contribution in [3.05, 3.63) is 23.2 Å². The Morgan fingerprint density at radius 3 is 2.48 bits per heavy atom. The molecule has 1 rings (SSSR count). The number of hydrogen-bond donors (Lipinski definition) is 1. The molecular formula is C15H22NO4S-. The van der Waals surface area contributed by atoms with Gasteiger partial charge >= 0.3 is 0 Å². The van der Waals surface area contributed by atoms with Crippen molar-refractivity contribution in [2.75, 3.05) is 12.0 Å². The van der Waals surface area contributed by atoms with Crippen LogP contribution in [0.15, 0.2) is 10.5 Å². The van der Waals surface area contributed by atoms with Crippen molar-refractivity contribution in [2.45, 2.75) is 45.6 Å². The first-order valence-electron chi connectivity index (χ1n) is 6.78. The zero-order valence-electron chi connectivity index (χ0n) is 13.1. The second-order valence-electron chi connectivity index (χ2n) is 5.96. The van der Waals surface area contributed by atoms with Gasteiger partial charge in [-0.1, -0.05) is 20.8 Å². The summed E-state index contributed by atoms with van der Waals surface area (Å²) >= 11 is 1.52. The summed E-state index contributed by atoms with van der Waals surface area (Å²) in [5.41, 5.74) is 0.158. The van der Waals surface area contributed by atoms with Crippen molar-refractivity contribution in [3.63, 3.8) is 0 Å². The van der Waals surface area contributed by atoms with Crippen LogP contribution in [0.1, 0.15) is 49.1 Å². The van der Waals surface area contributed by atoms with E-state index < -0.39 is 17.9 Å². The number of carboxylic acids is 1. The zero-order valence-corrected chi connectivity index (χ0v) is 13.9. The van der Waals surface area contributed by atoms with Crippen LogP contribution in [0.5, 0.6) is 0 Å². The van der Waals surface area contributed by atoms with E-state index in [4.69, 9.17) is 4.42 Å². The smallest absolute Gasteiger partial charge is 0.255 e. The maximum Gasteiger partial charge on any atom is 0.255 e. The molecular weight excluding hydrogens is 290 g/mol. The molecule has 0 radical (unpaired) electrons. The van der Waals surface area contributed by atoms with Crippen molar-refractivity contribution in [2.24, 2.45) is 0 Å². The number of aryl methyl sites for hydroxylation is 1. The molecule has 0 fully saturated rings. The Labute approximate surface area is 129 Å². The summed E-state index contributed by atoms with van der Waals surface area (Å²) in [4.78, 5) is 23.3. The summed E-state index contributed by atoms with van der Waals surface area (Å²) in [6.07, 6.45) is 2.21. The van der Waals surface area contributed by atoms with Crippen LogP contribution in [0.3, 0.4) is 0 Å². The maximum atomic E-state index is 12.2. The van der Waals surface area contributed by atoms with Gasteiger partial charge in [0.2, 0.25) is 0 Å². The molecule has 0 saturated carbocycles. The lowest BCUT2D eigenvalue weighted by atomic mass is 9.93. The van der Waals surface area contributed by atoms with Crippen LogP contribution < -0.4 is 10.4 Å². The van der Waals surface area contributed by atoms with Gasteiger partial charge in [-0.2, -0.15) is 11.8 Å². The minimum Gasteiger partial charge on any atom is -0.548 e. The molecule has 1 N–H and O–H groups in total. The van der Waals surface area contributed by atoms with Crippen molar-refractivity contribution in [1.82, 2.24) is 5.32 Å². The summed E-state index contributed by atoms with van der Waals surface area (Å²) in [6.45, 7) is 7.64. The second-order valence-corrected chi connectivity index (χ2v) is 6.94. The van der Waals surface area contributed by atoms with Crippen molar-refractivity contribution in [3.8, 4) is 0 Å². The van der Waals surface area contributed by atoms with Crippen LogP contribution in [0.4, 0.5) is 0 Å². The van der Waals surface area contributed by atoms with Crippen molar-refractivity contribution < 1.29 is 19.1 Å². The Bertz CT molecular complexity index is 516. The zero-order chi connectivity index (χ0) is 16.2. The quantitative estimate of drug-likeness (QED) is 0.860. The van der Waals surface area contributed by atoms with Crippen LogP contribution >= 0.6 is 11.8 Å². The minimum absolute atomic E-state index is 0.212. The fourth-order valence-electron chi connectivity index (χ4n) is 1.80. The Balaban J connectivity index is 2.88. The molecule has 0 spiro atoms. The molecule has 5 nitrogen and oxygen atoms in total. The van der Waals surface area contributed by atoms with Gasteiger partial charge in [-0.25, -0.2) is 0 Å². The van der Waals surface area contributed by atoms with E-state index in [1.807, 2.05) is 27.0 Å². The standard InChI is InChI=1S/C15H23NO4S/c1-9-10(8-12(20-9)15(2,3)4)13(17)16-11(14(18)19)6-7-21-5/h8,11H,6-7H2,1-5H3,(H,16,17)(H,18,19)/p-1/t11-/m0/s1. The predicted molar refractivity (Wildman–Crippen MR) is 81.4 cm³/mol. The molecule has 1 aromatic rings. The van der Waals surface area contributed by atoms with Gasteiger partial charge in [-0.3, -0.25) is 4.79 Å². The van der Waals surface area contributed by atoms with Gasteiger partial charge in [0, 0.05) is 5.41 Å². The third kappa shape index (κ3) is 4.81. The van der Waals surface area contributed by atoms with E-state index in [-0.39, 0.29) is 5.41 Å². The van der Waals surface area contributed by atoms with Crippen molar-refractivity contribution in [1.29, 1.82) is 0 Å². The molecule has 118 valence electrons. The average molecular weight is 312 g/mol. The maximum absolute atomic E-state index is 12.2. The third-order valence-electron chi connectivity index (χ3n) is 3.10. The number of amides is 1. The number of hydrogen-bond acceptors (Lipinski definition) is 5. The molecule has 1 aromatic heterocycles. The molecule has 1 heterocycles. The molecule has 1 atom stereocenters. The normalized spacial score (nSPS) is 13.0. The van der Waals surface area contributed by atoms with E-state index in [9.17, 15) is 14.7 Å². The average Bonchev–Trinajstić information content (AvgIpc) is 2.76. The Hall–Kier alpha value is -1.43. The van der Waals surface area contributed by atoms with Gasteiger partial charge in [-0.15, -0.1) is 0 Å². The number of nitrogens with one attached hydrogen (secondary N) is 1. The molecule has 1 amide bonds. The van der Waals surface area contributed by atoms with Crippen LogP contribution in [0.25, 0.3) is 0 Å². The molecule has 0 aliphatic rings. The largest absolute Gasteiger partial charge is 0.548 e. The molecule has 0 aromatic carbocycles. The highest BCUT2D eigenvalue weighted by atomic mass is 32.2. The van der Waals surface area contributed by atoms with Gasteiger partial charge in [-0.05, 0) is 31.4 Å². The van der Waals surface area contributed by atoms with Gasteiger partial charge in [0.1, 0.15) is 11.5 Å². The Morgan fingerprint density at radius 2 is 2.05 bits per heavy atom. The number of thioether (sulfide) groups is 1. The predicted octanol–water partition coefficient (Wildman–Crippen LogP) is 1.49. The SMILES string of the molecule is CSCC[C@H](NC(=O)c1cc(C(C)(C)C)oc1C)C(=O)[O-]. The highest BCUT2D eigenvalue weighted by molar-refractivity contribution is 7.98. The summed E-state index contributed by atoms with van der Waals surface area (Å²) in [7, 11) is 0. The van der Waals surface area contributed by atoms with E-state index in [0.29, 0.717) is 29.3 Å². The molecule has 21 heavy (non-hydrogen) atoms. The summed E-state index contributed by atoms with van der Waals surface area (Å²) < 4.78 is 5.60. The van der Waals surface area contributed by atoms with E-state index in [2.05, 4.69) is 5.32 Å². The molecule has 0 aliphatic carbocycles. The molecule has 0 aliphatic heterocycles. The van der Waals surface area contributed by atoms with Crippen molar-refractivity contribution >= 4 is 23.6 Å².